The fraction of sp³-hybridized carbons (Fsp3) is 0.147. The van der Waals surface area contributed by atoms with E-state index in [0.29, 0.717) is 17.4 Å². The monoisotopic (exact) mass is 660 g/mol. The molecular weight excluding hydrogens is 633 g/mol. The van der Waals surface area contributed by atoms with Crippen molar-refractivity contribution < 1.29 is 41.7 Å². The van der Waals surface area contributed by atoms with Crippen LogP contribution in [0.5, 0.6) is 11.6 Å². The number of alkyl carbamates (subject to hydrolysis) is 1. The Morgan fingerprint density at radius 3 is 2.33 bits per heavy atom. The summed E-state index contributed by atoms with van der Waals surface area (Å²) >= 11 is 0. The predicted molar refractivity (Wildman–Crippen MR) is 167 cm³/mol. The number of aromatic nitrogens is 2. The van der Waals surface area contributed by atoms with Crippen molar-refractivity contribution in [3.8, 4) is 17.3 Å². The van der Waals surface area contributed by atoms with Crippen LogP contribution < -0.4 is 20.2 Å². The van der Waals surface area contributed by atoms with E-state index < -0.39 is 46.4 Å². The number of nitrogens with zero attached hydrogens (tertiary/aromatic N) is 2. The molecule has 2 N–H and O–H groups in total. The summed E-state index contributed by atoms with van der Waals surface area (Å²) in [4.78, 5) is 41.7. The zero-order valence-electron chi connectivity index (χ0n) is 25.3. The van der Waals surface area contributed by atoms with Gasteiger partial charge >= 0.3 is 12.1 Å². The SMILES string of the molecule is CCOC(=O)c1cn(-c2ccc(F)cc2F)c2nc(OCCOc3ccc(C(=N)NC(=O)OCc4ccccc4)cc3)c(F)cc2c1=O. The number of halogens is 3. The number of hydrogen-bond acceptors (Lipinski definition) is 9. The number of rotatable bonds is 11. The first kappa shape index (κ1) is 33.2. The van der Waals surface area contributed by atoms with Gasteiger partial charge in [-0.3, -0.25) is 20.1 Å². The quantitative estimate of drug-likeness (QED) is 0.0797. The molecule has 0 saturated heterocycles. The van der Waals surface area contributed by atoms with E-state index in [2.05, 4.69) is 10.3 Å². The van der Waals surface area contributed by atoms with Crippen molar-refractivity contribution in [2.24, 2.45) is 0 Å². The standard InChI is InChI=1S/C34H27F3N4O7/c1-2-45-33(43)25-18-41(28-13-10-22(35)16-26(28)36)31-24(29(25)42)17-27(37)32(40-31)47-15-14-46-23-11-8-21(9-12-23)30(38)39-34(44)48-19-20-6-4-3-5-7-20/h3-13,16-18H,2,14-15,19H2,1H3,(H2,38,39,44). The Kier molecular flexibility index (Phi) is 10.3. The number of nitrogens with one attached hydrogen (secondary N) is 2. The van der Waals surface area contributed by atoms with Crippen LogP contribution in [0.25, 0.3) is 16.7 Å². The lowest BCUT2D eigenvalue weighted by Gasteiger charge is -2.15. The highest BCUT2D eigenvalue weighted by atomic mass is 19.1. The molecule has 0 radical (unpaired) electrons. The van der Waals surface area contributed by atoms with E-state index in [0.717, 1.165) is 34.5 Å². The van der Waals surface area contributed by atoms with E-state index in [4.69, 9.17) is 24.4 Å². The van der Waals surface area contributed by atoms with Crippen LogP contribution in [0.1, 0.15) is 28.4 Å². The summed E-state index contributed by atoms with van der Waals surface area (Å²) in [7, 11) is 0. The van der Waals surface area contributed by atoms with Crippen LogP contribution in [0.15, 0.2) is 89.9 Å². The topological polar surface area (TPSA) is 142 Å². The molecule has 0 unspecified atom stereocenters. The van der Waals surface area contributed by atoms with Gasteiger partial charge in [0.15, 0.2) is 11.5 Å². The molecule has 0 bridgehead atoms. The molecule has 0 aliphatic carbocycles. The van der Waals surface area contributed by atoms with E-state index in [1.165, 1.54) is 6.92 Å². The Balaban J connectivity index is 1.25. The summed E-state index contributed by atoms with van der Waals surface area (Å²) in [6.45, 7) is 1.23. The van der Waals surface area contributed by atoms with Crippen LogP contribution in [0.3, 0.4) is 0 Å². The van der Waals surface area contributed by atoms with Crippen molar-refractivity contribution >= 4 is 28.9 Å². The van der Waals surface area contributed by atoms with Gasteiger partial charge in [0.25, 0.3) is 5.88 Å². The highest BCUT2D eigenvalue weighted by Gasteiger charge is 2.22. The third-order valence-electron chi connectivity index (χ3n) is 6.74. The molecule has 0 fully saturated rings. The van der Waals surface area contributed by atoms with Crippen LogP contribution in [0, 0.1) is 22.9 Å². The van der Waals surface area contributed by atoms with Crippen molar-refractivity contribution in [3.63, 3.8) is 0 Å². The molecule has 48 heavy (non-hydrogen) atoms. The van der Waals surface area contributed by atoms with Crippen LogP contribution >= 0.6 is 0 Å². The Morgan fingerprint density at radius 2 is 1.62 bits per heavy atom. The number of benzene rings is 3. The Morgan fingerprint density at radius 1 is 0.896 bits per heavy atom. The van der Waals surface area contributed by atoms with E-state index >= 15 is 4.39 Å². The van der Waals surface area contributed by atoms with Crippen LogP contribution in [-0.2, 0) is 16.1 Å². The second-order valence-electron chi connectivity index (χ2n) is 9.99. The summed E-state index contributed by atoms with van der Waals surface area (Å²) in [5.41, 5.74) is -0.750. The summed E-state index contributed by atoms with van der Waals surface area (Å²) in [6.07, 6.45) is 0.207. The lowest BCUT2D eigenvalue weighted by atomic mass is 10.1. The first-order valence-electron chi connectivity index (χ1n) is 14.4. The van der Waals surface area contributed by atoms with Crippen molar-refractivity contribution in [1.82, 2.24) is 14.9 Å². The molecule has 2 aromatic heterocycles. The lowest BCUT2D eigenvalue weighted by Crippen LogP contribution is -2.30. The number of fused-ring (bicyclic) bond motifs is 1. The number of ether oxygens (including phenoxy) is 4. The number of carbonyl (C=O) groups is 2. The summed E-state index contributed by atoms with van der Waals surface area (Å²) in [5, 5.41) is 10.1. The molecule has 2 heterocycles. The van der Waals surface area contributed by atoms with Crippen LogP contribution in [-0.4, -0.2) is 47.3 Å². The number of amidine groups is 1. The average molecular weight is 661 g/mol. The van der Waals surface area contributed by atoms with Gasteiger partial charge in [0.2, 0.25) is 5.43 Å². The number of hydrogen-bond donors (Lipinski definition) is 2. The summed E-state index contributed by atoms with van der Waals surface area (Å²) in [5.74, 6) is -4.30. The Labute approximate surface area is 271 Å². The van der Waals surface area contributed by atoms with Gasteiger partial charge in [-0.15, -0.1) is 0 Å². The van der Waals surface area contributed by atoms with Gasteiger partial charge in [-0.2, -0.15) is 4.98 Å². The number of amides is 1. The first-order valence-corrected chi connectivity index (χ1v) is 14.4. The minimum Gasteiger partial charge on any atom is -0.490 e. The van der Waals surface area contributed by atoms with E-state index in [1.807, 2.05) is 18.2 Å². The van der Waals surface area contributed by atoms with Crippen molar-refractivity contribution in [1.29, 1.82) is 5.41 Å². The largest absolute Gasteiger partial charge is 0.490 e. The van der Waals surface area contributed by atoms with Crippen LogP contribution in [0.2, 0.25) is 0 Å². The molecule has 14 heteroatoms. The molecule has 11 nitrogen and oxygen atoms in total. The second kappa shape index (κ2) is 14.9. The fourth-order valence-corrected chi connectivity index (χ4v) is 4.47. The molecule has 0 spiro atoms. The maximum Gasteiger partial charge on any atom is 0.413 e. The molecular formula is C34H27F3N4O7. The molecule has 5 aromatic rings. The fourth-order valence-electron chi connectivity index (χ4n) is 4.47. The zero-order valence-corrected chi connectivity index (χ0v) is 25.3. The van der Waals surface area contributed by atoms with Gasteiger partial charge in [-0.1, -0.05) is 30.3 Å². The summed E-state index contributed by atoms with van der Waals surface area (Å²) in [6, 6.07) is 18.7. The van der Waals surface area contributed by atoms with Gasteiger partial charge in [-0.25, -0.2) is 22.8 Å². The van der Waals surface area contributed by atoms with Crippen molar-refractivity contribution in [2.75, 3.05) is 19.8 Å². The third-order valence-corrected chi connectivity index (χ3v) is 6.74. The van der Waals surface area contributed by atoms with Crippen molar-refractivity contribution in [2.45, 2.75) is 13.5 Å². The van der Waals surface area contributed by atoms with Gasteiger partial charge in [0.05, 0.1) is 17.7 Å². The minimum atomic E-state index is -1.04. The second-order valence-corrected chi connectivity index (χ2v) is 9.99. The maximum atomic E-state index is 15.1. The van der Waals surface area contributed by atoms with E-state index in [-0.39, 0.29) is 49.0 Å². The van der Waals surface area contributed by atoms with Crippen LogP contribution in [0.4, 0.5) is 18.0 Å². The van der Waals surface area contributed by atoms with Gasteiger partial charge < -0.3 is 18.9 Å². The first-order chi connectivity index (χ1) is 23.1. The molecule has 246 valence electrons. The van der Waals surface area contributed by atoms with Gasteiger partial charge in [0, 0.05) is 17.8 Å². The smallest absolute Gasteiger partial charge is 0.413 e. The van der Waals surface area contributed by atoms with E-state index in [9.17, 15) is 23.2 Å². The van der Waals surface area contributed by atoms with E-state index in [1.54, 1.807) is 36.4 Å². The molecule has 0 aliphatic heterocycles. The number of carbonyl (C=O) groups excluding carboxylic acids is 2. The molecule has 5 rings (SSSR count). The molecule has 0 aliphatic rings. The van der Waals surface area contributed by atoms with Gasteiger partial charge in [-0.05, 0) is 55.0 Å². The lowest BCUT2D eigenvalue weighted by molar-refractivity contribution is 0.0524. The Bertz CT molecular complexity index is 2040. The zero-order chi connectivity index (χ0) is 34.2. The Hall–Kier alpha value is -6.18. The predicted octanol–water partition coefficient (Wildman–Crippen LogP) is 5.69. The molecule has 0 saturated carbocycles. The number of pyridine rings is 2. The third kappa shape index (κ3) is 7.78. The minimum absolute atomic E-state index is 0.0519. The summed E-state index contributed by atoms with van der Waals surface area (Å²) < 4.78 is 65.6. The normalized spacial score (nSPS) is 10.8. The van der Waals surface area contributed by atoms with Gasteiger partial charge in [0.1, 0.15) is 48.6 Å². The molecule has 0 atom stereocenters. The number of esters is 1. The van der Waals surface area contributed by atoms with Crippen molar-refractivity contribution in [3.05, 3.63) is 129 Å². The highest BCUT2D eigenvalue weighted by Crippen LogP contribution is 2.24. The highest BCUT2D eigenvalue weighted by molar-refractivity contribution is 6.04. The average Bonchev–Trinajstić information content (AvgIpc) is 3.07. The molecule has 1 amide bonds. The maximum absolute atomic E-state index is 15.1. The molecule has 3 aromatic carbocycles.